The van der Waals surface area contributed by atoms with Crippen molar-refractivity contribution in [2.45, 2.75) is 60.8 Å². The van der Waals surface area contributed by atoms with E-state index >= 15 is 0 Å². The lowest BCUT2D eigenvalue weighted by atomic mass is 9.88. The Labute approximate surface area is 135 Å². The van der Waals surface area contributed by atoms with Crippen molar-refractivity contribution in [1.29, 1.82) is 0 Å². The Balaban J connectivity index is 0. The predicted molar refractivity (Wildman–Crippen MR) is 93.3 cm³/mol. The SMILES string of the molecule is CC.CC.CC(C)CC(CC(=O)O)CC(=O)c1ccccc1. The first kappa shape index (κ1) is 22.6. The molecule has 0 aliphatic heterocycles. The first-order valence-electron chi connectivity index (χ1n) is 8.29. The van der Waals surface area contributed by atoms with E-state index in [2.05, 4.69) is 0 Å². The Morgan fingerprint density at radius 1 is 0.955 bits per heavy atom. The lowest BCUT2D eigenvalue weighted by Crippen LogP contribution is -2.15. The number of ketones is 1. The van der Waals surface area contributed by atoms with Crippen molar-refractivity contribution in [3.63, 3.8) is 0 Å². The van der Waals surface area contributed by atoms with Crippen LogP contribution in [-0.4, -0.2) is 16.9 Å². The minimum absolute atomic E-state index is 0.0301. The van der Waals surface area contributed by atoms with Crippen molar-refractivity contribution >= 4 is 11.8 Å². The molecule has 1 aromatic carbocycles. The highest BCUT2D eigenvalue weighted by molar-refractivity contribution is 5.96. The van der Waals surface area contributed by atoms with Gasteiger partial charge in [0.05, 0.1) is 0 Å². The van der Waals surface area contributed by atoms with E-state index in [1.54, 1.807) is 12.1 Å². The normalized spacial score (nSPS) is 10.7. The average molecular weight is 308 g/mol. The lowest BCUT2D eigenvalue weighted by Gasteiger charge is -2.16. The number of carboxylic acid groups (broad SMARTS) is 1. The summed E-state index contributed by atoms with van der Waals surface area (Å²) in [4.78, 5) is 22.8. The number of hydrogen-bond acceptors (Lipinski definition) is 2. The third kappa shape index (κ3) is 11.1. The number of aliphatic carboxylic acids is 1. The molecule has 22 heavy (non-hydrogen) atoms. The maximum Gasteiger partial charge on any atom is 0.303 e. The Morgan fingerprint density at radius 2 is 1.45 bits per heavy atom. The first-order chi connectivity index (χ1) is 10.5. The molecule has 0 saturated carbocycles. The molecule has 1 rings (SSSR count). The zero-order valence-electron chi connectivity index (χ0n) is 14.9. The third-order valence-corrected chi connectivity index (χ3v) is 2.84. The number of Topliss-reactive ketones (excluding diaryl/α,β-unsaturated/α-hetero) is 1. The van der Waals surface area contributed by atoms with Gasteiger partial charge in [0.15, 0.2) is 5.78 Å². The summed E-state index contributed by atoms with van der Waals surface area (Å²) in [6.45, 7) is 12.1. The van der Waals surface area contributed by atoms with Crippen molar-refractivity contribution < 1.29 is 14.7 Å². The third-order valence-electron chi connectivity index (χ3n) is 2.84. The lowest BCUT2D eigenvalue weighted by molar-refractivity contribution is -0.138. The van der Waals surface area contributed by atoms with Crippen LogP contribution in [0.3, 0.4) is 0 Å². The number of carboxylic acids is 1. The Bertz CT molecular complexity index is 396. The molecule has 1 unspecified atom stereocenters. The van der Waals surface area contributed by atoms with Crippen LogP contribution in [0.1, 0.15) is 71.2 Å². The average Bonchev–Trinajstić information content (AvgIpc) is 2.50. The number of carbonyl (C=O) groups excluding carboxylic acids is 1. The van der Waals surface area contributed by atoms with Crippen LogP contribution in [0.5, 0.6) is 0 Å². The second-order valence-electron chi connectivity index (χ2n) is 5.09. The molecule has 0 saturated heterocycles. The van der Waals surface area contributed by atoms with E-state index in [1.807, 2.05) is 59.7 Å². The molecule has 1 atom stereocenters. The summed E-state index contributed by atoms with van der Waals surface area (Å²) in [5.74, 6) is -0.475. The number of rotatable bonds is 7. The summed E-state index contributed by atoms with van der Waals surface area (Å²) in [7, 11) is 0. The molecule has 1 aromatic rings. The largest absolute Gasteiger partial charge is 0.481 e. The highest BCUT2D eigenvalue weighted by Gasteiger charge is 2.19. The fourth-order valence-corrected chi connectivity index (χ4v) is 2.16. The van der Waals surface area contributed by atoms with Gasteiger partial charge in [-0.2, -0.15) is 0 Å². The predicted octanol–water partition coefficient (Wildman–Crippen LogP) is 5.45. The second kappa shape index (κ2) is 14.3. The fourth-order valence-electron chi connectivity index (χ4n) is 2.16. The van der Waals surface area contributed by atoms with E-state index in [-0.39, 0.29) is 18.1 Å². The monoisotopic (exact) mass is 308 g/mol. The van der Waals surface area contributed by atoms with Crippen molar-refractivity contribution in [2.75, 3.05) is 0 Å². The summed E-state index contributed by atoms with van der Waals surface area (Å²) in [5, 5.41) is 8.87. The molecular formula is C19H32O3. The van der Waals surface area contributed by atoms with E-state index in [9.17, 15) is 9.59 Å². The van der Waals surface area contributed by atoms with Crippen LogP contribution in [0, 0.1) is 11.8 Å². The molecule has 3 nitrogen and oxygen atoms in total. The topological polar surface area (TPSA) is 54.4 Å². The van der Waals surface area contributed by atoms with Crippen LogP contribution in [0.15, 0.2) is 30.3 Å². The molecule has 0 radical (unpaired) electrons. The van der Waals surface area contributed by atoms with Gasteiger partial charge in [0.25, 0.3) is 0 Å². The molecule has 0 aliphatic carbocycles. The minimum atomic E-state index is -0.832. The van der Waals surface area contributed by atoms with Gasteiger partial charge in [0.1, 0.15) is 0 Å². The van der Waals surface area contributed by atoms with E-state index in [1.165, 1.54) is 0 Å². The van der Waals surface area contributed by atoms with Crippen molar-refractivity contribution in [1.82, 2.24) is 0 Å². The molecule has 0 aromatic heterocycles. The maximum absolute atomic E-state index is 12.0. The molecule has 0 aliphatic rings. The highest BCUT2D eigenvalue weighted by Crippen LogP contribution is 2.21. The number of carbonyl (C=O) groups is 2. The molecule has 126 valence electrons. The Kier molecular flexibility index (Phi) is 14.7. The zero-order valence-corrected chi connectivity index (χ0v) is 14.9. The molecule has 0 heterocycles. The van der Waals surface area contributed by atoms with E-state index in [0.29, 0.717) is 17.9 Å². The van der Waals surface area contributed by atoms with Crippen molar-refractivity contribution in [3.8, 4) is 0 Å². The molecule has 0 bridgehead atoms. The van der Waals surface area contributed by atoms with Crippen LogP contribution in [0.25, 0.3) is 0 Å². The number of hydrogen-bond donors (Lipinski definition) is 1. The minimum Gasteiger partial charge on any atom is -0.481 e. The van der Waals surface area contributed by atoms with Crippen LogP contribution in [0.4, 0.5) is 0 Å². The van der Waals surface area contributed by atoms with Crippen LogP contribution < -0.4 is 0 Å². The quantitative estimate of drug-likeness (QED) is 0.681. The highest BCUT2D eigenvalue weighted by atomic mass is 16.4. The van der Waals surface area contributed by atoms with Gasteiger partial charge in [0, 0.05) is 18.4 Å². The summed E-state index contributed by atoms with van der Waals surface area (Å²) >= 11 is 0. The van der Waals surface area contributed by atoms with Gasteiger partial charge in [-0.25, -0.2) is 0 Å². The fraction of sp³-hybridized carbons (Fsp3) is 0.579. The van der Waals surface area contributed by atoms with E-state index in [0.717, 1.165) is 6.42 Å². The Hall–Kier alpha value is -1.64. The molecule has 0 spiro atoms. The van der Waals surface area contributed by atoms with E-state index in [4.69, 9.17) is 5.11 Å². The van der Waals surface area contributed by atoms with Gasteiger partial charge >= 0.3 is 5.97 Å². The number of benzene rings is 1. The summed E-state index contributed by atoms with van der Waals surface area (Å²) in [5.41, 5.74) is 0.664. The van der Waals surface area contributed by atoms with Crippen LogP contribution >= 0.6 is 0 Å². The van der Waals surface area contributed by atoms with Gasteiger partial charge in [-0.15, -0.1) is 0 Å². The second-order valence-corrected chi connectivity index (χ2v) is 5.09. The van der Waals surface area contributed by atoms with Gasteiger partial charge in [-0.3, -0.25) is 9.59 Å². The standard InChI is InChI=1S/C15H20O3.2C2H6/c1-11(2)8-12(10-15(17)18)9-14(16)13-6-4-3-5-7-13;2*1-2/h3-7,11-12H,8-10H2,1-2H3,(H,17,18);2*1-2H3. The smallest absolute Gasteiger partial charge is 0.303 e. The first-order valence-corrected chi connectivity index (χ1v) is 8.29. The molecule has 3 heteroatoms. The molecule has 0 fully saturated rings. The zero-order chi connectivity index (χ0) is 17.5. The molecule has 1 N–H and O–H groups in total. The van der Waals surface area contributed by atoms with Gasteiger partial charge in [-0.1, -0.05) is 71.9 Å². The van der Waals surface area contributed by atoms with Crippen molar-refractivity contribution in [2.24, 2.45) is 11.8 Å². The summed E-state index contributed by atoms with van der Waals surface area (Å²) in [6, 6.07) is 9.05. The van der Waals surface area contributed by atoms with Crippen LogP contribution in [-0.2, 0) is 4.79 Å². The van der Waals surface area contributed by atoms with Crippen LogP contribution in [0.2, 0.25) is 0 Å². The maximum atomic E-state index is 12.0. The molecular weight excluding hydrogens is 276 g/mol. The van der Waals surface area contributed by atoms with E-state index < -0.39 is 5.97 Å². The summed E-state index contributed by atoms with van der Waals surface area (Å²) in [6.07, 6.45) is 1.15. The van der Waals surface area contributed by atoms with Gasteiger partial charge in [0.2, 0.25) is 0 Å². The summed E-state index contributed by atoms with van der Waals surface area (Å²) < 4.78 is 0. The molecule has 0 amide bonds. The Morgan fingerprint density at radius 3 is 1.86 bits per heavy atom. The van der Waals surface area contributed by atoms with Crippen molar-refractivity contribution in [3.05, 3.63) is 35.9 Å². The van der Waals surface area contributed by atoms with Gasteiger partial charge < -0.3 is 5.11 Å². The van der Waals surface area contributed by atoms with Gasteiger partial charge in [-0.05, 0) is 18.3 Å².